The van der Waals surface area contributed by atoms with Gasteiger partial charge in [-0.15, -0.1) is 0 Å². The van der Waals surface area contributed by atoms with Gasteiger partial charge in [0.15, 0.2) is 0 Å². The summed E-state index contributed by atoms with van der Waals surface area (Å²) >= 11 is 5.85. The minimum absolute atomic E-state index is 0.0475. The number of hydrogen-bond donors (Lipinski definition) is 1. The van der Waals surface area contributed by atoms with Crippen LogP contribution in [0, 0.1) is 5.92 Å². The van der Waals surface area contributed by atoms with E-state index in [0.29, 0.717) is 11.6 Å². The van der Waals surface area contributed by atoms with Gasteiger partial charge in [-0.1, -0.05) is 23.7 Å². The second kappa shape index (κ2) is 5.52. The lowest BCUT2D eigenvalue weighted by molar-refractivity contribution is -0.148. The lowest BCUT2D eigenvalue weighted by Gasteiger charge is -2.18. The topological polar surface area (TPSA) is 38.3 Å². The molecule has 1 aromatic rings. The molecule has 2 atom stereocenters. The van der Waals surface area contributed by atoms with Gasteiger partial charge in [-0.3, -0.25) is 4.79 Å². The van der Waals surface area contributed by atoms with E-state index in [-0.39, 0.29) is 17.9 Å². The van der Waals surface area contributed by atoms with Crippen molar-refractivity contribution in [1.29, 1.82) is 0 Å². The molecule has 3 nitrogen and oxygen atoms in total. The van der Waals surface area contributed by atoms with Crippen LogP contribution in [0.5, 0.6) is 0 Å². The molecule has 17 heavy (non-hydrogen) atoms. The van der Waals surface area contributed by atoms with Crippen LogP contribution in [0.15, 0.2) is 24.3 Å². The highest BCUT2D eigenvalue weighted by Gasteiger charge is 2.34. The van der Waals surface area contributed by atoms with Gasteiger partial charge in [0.2, 0.25) is 0 Å². The molecule has 4 heteroatoms. The van der Waals surface area contributed by atoms with Crippen LogP contribution in [0.2, 0.25) is 5.02 Å². The Bertz CT molecular complexity index is 391. The van der Waals surface area contributed by atoms with Gasteiger partial charge in [0.25, 0.3) is 0 Å². The van der Waals surface area contributed by atoms with Crippen LogP contribution in [-0.2, 0) is 9.53 Å². The molecule has 2 rings (SSSR count). The Morgan fingerprint density at radius 1 is 1.47 bits per heavy atom. The molecule has 0 spiro atoms. The summed E-state index contributed by atoms with van der Waals surface area (Å²) in [5.41, 5.74) is 1.09. The van der Waals surface area contributed by atoms with Gasteiger partial charge in [0.1, 0.15) is 0 Å². The molecule has 0 saturated carbocycles. The number of hydrogen-bond acceptors (Lipinski definition) is 3. The fourth-order valence-electron chi connectivity index (χ4n) is 2.23. The molecule has 92 valence electrons. The standard InChI is InChI=1S/C13H16ClNO2/c1-2-17-13(16)11-7-8-15-12(11)9-3-5-10(14)6-4-9/h3-6,11-12,15H,2,7-8H2,1H3/t11-,12+/m1/s1. The molecule has 0 unspecified atom stereocenters. The zero-order valence-corrected chi connectivity index (χ0v) is 10.5. The highest BCUT2D eigenvalue weighted by molar-refractivity contribution is 6.30. The Kier molecular flexibility index (Phi) is 4.02. The van der Waals surface area contributed by atoms with Crippen LogP contribution in [-0.4, -0.2) is 19.1 Å². The maximum atomic E-state index is 11.8. The molecular formula is C13H16ClNO2. The molecule has 1 aliphatic heterocycles. The molecule has 1 aliphatic rings. The molecule has 0 aliphatic carbocycles. The molecule has 0 amide bonds. The predicted molar refractivity (Wildman–Crippen MR) is 66.9 cm³/mol. The quantitative estimate of drug-likeness (QED) is 0.842. The van der Waals surface area contributed by atoms with E-state index >= 15 is 0 Å². The summed E-state index contributed by atoms with van der Waals surface area (Å²) in [7, 11) is 0. The first-order chi connectivity index (χ1) is 8.22. The number of nitrogens with one attached hydrogen (secondary N) is 1. The number of carbonyl (C=O) groups is 1. The lowest BCUT2D eigenvalue weighted by atomic mass is 9.94. The van der Waals surface area contributed by atoms with E-state index in [1.54, 1.807) is 0 Å². The molecular weight excluding hydrogens is 238 g/mol. The third kappa shape index (κ3) is 2.79. The Morgan fingerprint density at radius 3 is 2.82 bits per heavy atom. The zero-order chi connectivity index (χ0) is 12.3. The molecule has 1 saturated heterocycles. The highest BCUT2D eigenvalue weighted by atomic mass is 35.5. The van der Waals surface area contributed by atoms with E-state index in [4.69, 9.17) is 16.3 Å². The fraction of sp³-hybridized carbons (Fsp3) is 0.462. The summed E-state index contributed by atoms with van der Waals surface area (Å²) in [6.07, 6.45) is 0.826. The number of carbonyl (C=O) groups excluding carboxylic acids is 1. The van der Waals surface area contributed by atoms with E-state index in [0.717, 1.165) is 18.5 Å². The first-order valence-electron chi connectivity index (χ1n) is 5.88. The van der Waals surface area contributed by atoms with Crippen LogP contribution in [0.25, 0.3) is 0 Å². The van der Waals surface area contributed by atoms with Gasteiger partial charge < -0.3 is 10.1 Å². The largest absolute Gasteiger partial charge is 0.466 e. The van der Waals surface area contributed by atoms with Gasteiger partial charge in [0.05, 0.1) is 12.5 Å². The molecule has 0 aromatic heterocycles. The number of halogens is 1. The number of esters is 1. The summed E-state index contributed by atoms with van der Waals surface area (Å²) in [5, 5.41) is 4.05. The van der Waals surface area contributed by atoms with Gasteiger partial charge in [-0.05, 0) is 37.6 Å². The van der Waals surface area contributed by atoms with E-state index in [1.807, 2.05) is 31.2 Å². The van der Waals surface area contributed by atoms with Crippen molar-refractivity contribution >= 4 is 17.6 Å². The fourth-order valence-corrected chi connectivity index (χ4v) is 2.35. The number of benzene rings is 1. The second-order valence-corrected chi connectivity index (χ2v) is 4.57. The van der Waals surface area contributed by atoms with E-state index < -0.39 is 0 Å². The van der Waals surface area contributed by atoms with Gasteiger partial charge in [-0.2, -0.15) is 0 Å². The van der Waals surface area contributed by atoms with Crippen LogP contribution >= 0.6 is 11.6 Å². The third-order valence-electron chi connectivity index (χ3n) is 3.04. The van der Waals surface area contributed by atoms with E-state index in [2.05, 4.69) is 5.32 Å². The molecule has 0 bridgehead atoms. The first kappa shape index (κ1) is 12.4. The van der Waals surface area contributed by atoms with Gasteiger partial charge in [-0.25, -0.2) is 0 Å². The third-order valence-corrected chi connectivity index (χ3v) is 3.29. The Balaban J connectivity index is 2.14. The Labute approximate surface area is 106 Å². The van der Waals surface area contributed by atoms with Crippen LogP contribution in [0.1, 0.15) is 24.9 Å². The minimum Gasteiger partial charge on any atom is -0.466 e. The van der Waals surface area contributed by atoms with Crippen LogP contribution < -0.4 is 5.32 Å². The molecule has 1 heterocycles. The van der Waals surface area contributed by atoms with Crippen molar-refractivity contribution in [3.63, 3.8) is 0 Å². The van der Waals surface area contributed by atoms with Crippen LogP contribution in [0.4, 0.5) is 0 Å². The summed E-state index contributed by atoms with van der Waals surface area (Å²) in [6, 6.07) is 7.65. The smallest absolute Gasteiger partial charge is 0.310 e. The average molecular weight is 254 g/mol. The zero-order valence-electron chi connectivity index (χ0n) is 9.78. The minimum atomic E-state index is -0.113. The van der Waals surface area contributed by atoms with Crippen molar-refractivity contribution in [2.45, 2.75) is 19.4 Å². The maximum absolute atomic E-state index is 11.8. The summed E-state index contributed by atoms with van der Waals surface area (Å²) in [4.78, 5) is 11.8. The van der Waals surface area contributed by atoms with Crippen molar-refractivity contribution < 1.29 is 9.53 Å². The van der Waals surface area contributed by atoms with Crippen molar-refractivity contribution in [2.75, 3.05) is 13.2 Å². The normalized spacial score (nSPS) is 23.6. The SMILES string of the molecule is CCOC(=O)[C@@H]1CCN[C@H]1c1ccc(Cl)cc1. The number of ether oxygens (including phenoxy) is 1. The van der Waals surface area contributed by atoms with Gasteiger partial charge in [0, 0.05) is 11.1 Å². The van der Waals surface area contributed by atoms with Crippen molar-refractivity contribution in [2.24, 2.45) is 5.92 Å². The second-order valence-electron chi connectivity index (χ2n) is 4.13. The van der Waals surface area contributed by atoms with E-state index in [1.165, 1.54) is 0 Å². The van der Waals surface area contributed by atoms with Crippen LogP contribution in [0.3, 0.4) is 0 Å². The maximum Gasteiger partial charge on any atom is 0.310 e. The van der Waals surface area contributed by atoms with Crippen molar-refractivity contribution in [1.82, 2.24) is 5.32 Å². The summed E-state index contributed by atoms with van der Waals surface area (Å²) < 4.78 is 5.10. The van der Waals surface area contributed by atoms with E-state index in [9.17, 15) is 4.79 Å². The number of rotatable bonds is 3. The molecule has 1 fully saturated rings. The molecule has 1 aromatic carbocycles. The summed E-state index contributed by atoms with van der Waals surface area (Å²) in [5.74, 6) is -0.200. The van der Waals surface area contributed by atoms with Gasteiger partial charge >= 0.3 is 5.97 Å². The highest BCUT2D eigenvalue weighted by Crippen LogP contribution is 2.31. The van der Waals surface area contributed by atoms with Crippen molar-refractivity contribution in [3.8, 4) is 0 Å². The molecule has 1 N–H and O–H groups in total. The Hall–Kier alpha value is -1.06. The lowest BCUT2D eigenvalue weighted by Crippen LogP contribution is -2.25. The monoisotopic (exact) mass is 253 g/mol. The van der Waals surface area contributed by atoms with Crippen molar-refractivity contribution in [3.05, 3.63) is 34.9 Å². The Morgan fingerprint density at radius 2 is 2.18 bits per heavy atom. The average Bonchev–Trinajstić information content (AvgIpc) is 2.79. The predicted octanol–water partition coefficient (Wildman–Crippen LogP) is 2.55. The first-order valence-corrected chi connectivity index (χ1v) is 6.25. The molecule has 0 radical (unpaired) electrons. The summed E-state index contributed by atoms with van der Waals surface area (Å²) in [6.45, 7) is 3.11.